The second-order valence-corrected chi connectivity index (χ2v) is 6.98. The molecule has 3 aliphatic heterocycles. The van der Waals surface area contributed by atoms with Crippen molar-refractivity contribution in [3.63, 3.8) is 0 Å². The summed E-state index contributed by atoms with van der Waals surface area (Å²) in [6.07, 6.45) is 6.80. The van der Waals surface area contributed by atoms with Crippen LogP contribution in [0.1, 0.15) is 37.1 Å². The van der Waals surface area contributed by atoms with Crippen LogP contribution in [0.25, 0.3) is 0 Å². The topological polar surface area (TPSA) is 79.5 Å². The smallest absolute Gasteiger partial charge is 0.234 e. The van der Waals surface area contributed by atoms with Crippen molar-refractivity contribution in [2.24, 2.45) is 0 Å². The summed E-state index contributed by atoms with van der Waals surface area (Å²) in [6.45, 7) is 4.18. The van der Waals surface area contributed by atoms with Gasteiger partial charge in [-0.1, -0.05) is 0 Å². The van der Waals surface area contributed by atoms with Gasteiger partial charge in [0.1, 0.15) is 0 Å². The van der Waals surface area contributed by atoms with Crippen LogP contribution in [0.3, 0.4) is 0 Å². The van der Waals surface area contributed by atoms with Crippen LogP contribution >= 0.6 is 0 Å². The molecule has 1 aromatic heterocycles. The molecular formula is C17H26N4O3. The van der Waals surface area contributed by atoms with Crippen molar-refractivity contribution < 1.29 is 14.3 Å². The van der Waals surface area contributed by atoms with Gasteiger partial charge in [0.2, 0.25) is 5.91 Å². The molecule has 1 amide bonds. The second kappa shape index (κ2) is 6.82. The van der Waals surface area contributed by atoms with Gasteiger partial charge in [-0.25, -0.2) is 4.98 Å². The molecule has 3 aliphatic rings. The number of ether oxygens (including phenoxy) is 2. The second-order valence-electron chi connectivity index (χ2n) is 6.98. The Kier molecular flexibility index (Phi) is 4.56. The van der Waals surface area contributed by atoms with E-state index in [0.717, 1.165) is 64.2 Å². The number of rotatable bonds is 4. The summed E-state index contributed by atoms with van der Waals surface area (Å²) < 4.78 is 11.2. The molecule has 1 spiro atoms. The number of H-pyrrole nitrogens is 1. The van der Waals surface area contributed by atoms with Gasteiger partial charge in [0, 0.05) is 45.0 Å². The van der Waals surface area contributed by atoms with E-state index in [0.29, 0.717) is 13.1 Å². The van der Waals surface area contributed by atoms with Crippen LogP contribution in [0, 0.1) is 0 Å². The molecule has 4 rings (SSSR count). The first-order chi connectivity index (χ1) is 11.8. The minimum atomic E-state index is -0.160. The Labute approximate surface area is 142 Å². The fraction of sp³-hybridized carbons (Fsp3) is 0.765. The van der Waals surface area contributed by atoms with Crippen molar-refractivity contribution in [2.45, 2.75) is 43.7 Å². The fourth-order valence-electron chi connectivity index (χ4n) is 4.28. The maximum Gasteiger partial charge on any atom is 0.234 e. The quantitative estimate of drug-likeness (QED) is 0.841. The highest BCUT2D eigenvalue weighted by atomic mass is 16.5. The number of amides is 1. The van der Waals surface area contributed by atoms with Gasteiger partial charge in [-0.3, -0.25) is 9.69 Å². The number of nitrogens with one attached hydrogen (secondary N) is 2. The lowest BCUT2D eigenvalue weighted by Gasteiger charge is -2.48. The van der Waals surface area contributed by atoms with E-state index in [9.17, 15) is 4.79 Å². The summed E-state index contributed by atoms with van der Waals surface area (Å²) in [7, 11) is 0. The SMILES string of the molecule is O=C(CN1CCc2[nH]cnc2C12CCOCC2)NCC1CCCO1. The average molecular weight is 334 g/mol. The average Bonchev–Trinajstić information content (AvgIpc) is 3.28. The molecule has 132 valence electrons. The maximum atomic E-state index is 12.5. The van der Waals surface area contributed by atoms with Crippen LogP contribution in [0.2, 0.25) is 0 Å². The molecule has 7 nitrogen and oxygen atoms in total. The maximum absolute atomic E-state index is 12.5. The summed E-state index contributed by atoms with van der Waals surface area (Å²) in [4.78, 5) is 22.7. The Hall–Kier alpha value is -1.44. The largest absolute Gasteiger partial charge is 0.381 e. The standard InChI is InChI=1S/C17H26N4O3/c22-15(18-10-13-2-1-7-24-13)11-21-6-3-14-16(20-12-19-14)17(21)4-8-23-9-5-17/h12-13H,1-11H2,(H,18,22)(H,19,20). The number of aromatic nitrogens is 2. The van der Waals surface area contributed by atoms with Crippen molar-refractivity contribution in [3.05, 3.63) is 17.7 Å². The number of hydrogen-bond acceptors (Lipinski definition) is 5. The minimum Gasteiger partial charge on any atom is -0.381 e. The number of hydrogen-bond donors (Lipinski definition) is 2. The number of nitrogens with zero attached hydrogens (tertiary/aromatic N) is 2. The molecule has 2 saturated heterocycles. The van der Waals surface area contributed by atoms with Gasteiger partial charge in [0.05, 0.1) is 30.2 Å². The van der Waals surface area contributed by atoms with Crippen LogP contribution in [0.4, 0.5) is 0 Å². The molecule has 0 bridgehead atoms. The van der Waals surface area contributed by atoms with E-state index < -0.39 is 0 Å². The van der Waals surface area contributed by atoms with E-state index >= 15 is 0 Å². The van der Waals surface area contributed by atoms with Gasteiger partial charge in [-0.05, 0) is 25.7 Å². The highest BCUT2D eigenvalue weighted by Crippen LogP contribution is 2.41. The van der Waals surface area contributed by atoms with Crippen LogP contribution in [-0.4, -0.2) is 66.3 Å². The van der Waals surface area contributed by atoms with Crippen molar-refractivity contribution in [2.75, 3.05) is 39.5 Å². The highest BCUT2D eigenvalue weighted by Gasteiger charge is 2.46. The third kappa shape index (κ3) is 2.96. The molecular weight excluding hydrogens is 308 g/mol. The van der Waals surface area contributed by atoms with Gasteiger partial charge in [0.25, 0.3) is 0 Å². The fourth-order valence-corrected chi connectivity index (χ4v) is 4.28. The first-order valence-electron chi connectivity index (χ1n) is 9.02. The molecule has 2 fully saturated rings. The predicted molar refractivity (Wildman–Crippen MR) is 87.6 cm³/mol. The van der Waals surface area contributed by atoms with Gasteiger partial charge in [-0.15, -0.1) is 0 Å². The van der Waals surface area contributed by atoms with Gasteiger partial charge in [-0.2, -0.15) is 0 Å². The van der Waals surface area contributed by atoms with Crippen LogP contribution < -0.4 is 5.32 Å². The molecule has 0 aliphatic carbocycles. The van der Waals surface area contributed by atoms with Crippen LogP contribution in [0.5, 0.6) is 0 Å². The Morgan fingerprint density at radius 3 is 3.08 bits per heavy atom. The Morgan fingerprint density at radius 1 is 1.42 bits per heavy atom. The normalized spacial score (nSPS) is 26.4. The molecule has 7 heteroatoms. The minimum absolute atomic E-state index is 0.0790. The molecule has 4 heterocycles. The highest BCUT2D eigenvalue weighted by molar-refractivity contribution is 5.78. The van der Waals surface area contributed by atoms with Gasteiger partial charge < -0.3 is 19.8 Å². The van der Waals surface area contributed by atoms with Crippen molar-refractivity contribution in [3.8, 4) is 0 Å². The first kappa shape index (κ1) is 16.1. The van der Waals surface area contributed by atoms with E-state index in [-0.39, 0.29) is 17.6 Å². The van der Waals surface area contributed by atoms with Crippen molar-refractivity contribution in [1.29, 1.82) is 0 Å². The van der Waals surface area contributed by atoms with Gasteiger partial charge >= 0.3 is 0 Å². The van der Waals surface area contributed by atoms with E-state index in [2.05, 4.69) is 20.2 Å². The third-order valence-corrected chi connectivity index (χ3v) is 5.60. The molecule has 24 heavy (non-hydrogen) atoms. The monoisotopic (exact) mass is 334 g/mol. The zero-order valence-electron chi connectivity index (χ0n) is 14.1. The summed E-state index contributed by atoms with van der Waals surface area (Å²) in [6, 6.07) is 0. The molecule has 0 saturated carbocycles. The molecule has 1 aromatic rings. The molecule has 0 aromatic carbocycles. The third-order valence-electron chi connectivity index (χ3n) is 5.60. The van der Waals surface area contributed by atoms with Crippen LogP contribution in [0.15, 0.2) is 6.33 Å². The number of aromatic amines is 1. The summed E-state index contributed by atoms with van der Waals surface area (Å²) >= 11 is 0. The van der Waals surface area contributed by atoms with E-state index in [1.54, 1.807) is 6.33 Å². The predicted octanol–water partition coefficient (Wildman–Crippen LogP) is 0.569. The zero-order chi connectivity index (χ0) is 16.4. The van der Waals surface area contributed by atoms with E-state index in [1.165, 1.54) is 5.69 Å². The van der Waals surface area contributed by atoms with Crippen molar-refractivity contribution in [1.82, 2.24) is 20.2 Å². The lowest BCUT2D eigenvalue weighted by atomic mass is 9.80. The number of carbonyl (C=O) groups excluding carboxylic acids is 1. The number of fused-ring (bicyclic) bond motifs is 2. The van der Waals surface area contributed by atoms with Crippen LogP contribution in [-0.2, 0) is 26.2 Å². The zero-order valence-corrected chi connectivity index (χ0v) is 14.1. The van der Waals surface area contributed by atoms with Gasteiger partial charge in [0.15, 0.2) is 0 Å². The van der Waals surface area contributed by atoms with E-state index in [1.807, 2.05) is 0 Å². The summed E-state index contributed by atoms with van der Waals surface area (Å²) in [5, 5.41) is 3.05. The Bertz CT molecular complexity index is 576. The lowest BCUT2D eigenvalue weighted by Crippen LogP contribution is -2.56. The first-order valence-corrected chi connectivity index (χ1v) is 9.02. The Balaban J connectivity index is 1.44. The number of imidazole rings is 1. The lowest BCUT2D eigenvalue weighted by molar-refractivity contribution is -0.127. The molecule has 0 radical (unpaired) electrons. The summed E-state index contributed by atoms with van der Waals surface area (Å²) in [5.41, 5.74) is 2.17. The Morgan fingerprint density at radius 2 is 2.29 bits per heavy atom. The van der Waals surface area contributed by atoms with E-state index in [4.69, 9.17) is 9.47 Å². The van der Waals surface area contributed by atoms with Crippen molar-refractivity contribution >= 4 is 5.91 Å². The number of carbonyl (C=O) groups is 1. The molecule has 1 unspecified atom stereocenters. The summed E-state index contributed by atoms with van der Waals surface area (Å²) in [5.74, 6) is 0.0790. The molecule has 1 atom stereocenters. The molecule has 2 N–H and O–H groups in total.